The highest BCUT2D eigenvalue weighted by Gasteiger charge is 2.42. The molecule has 0 aromatic heterocycles. The van der Waals surface area contributed by atoms with Crippen molar-refractivity contribution in [2.24, 2.45) is 17.8 Å². The summed E-state index contributed by atoms with van der Waals surface area (Å²) in [6.07, 6.45) is 5.25. The fourth-order valence-electron chi connectivity index (χ4n) is 6.76. The van der Waals surface area contributed by atoms with Crippen LogP contribution in [0.5, 0.6) is 0 Å². The van der Waals surface area contributed by atoms with E-state index in [-0.39, 0.29) is 23.8 Å². The summed E-state index contributed by atoms with van der Waals surface area (Å²) in [7, 11) is 0. The Balaban J connectivity index is 1.17. The van der Waals surface area contributed by atoms with Crippen LogP contribution in [-0.4, -0.2) is 54.3 Å². The lowest BCUT2D eigenvalue weighted by atomic mass is 9.98. The zero-order valence-corrected chi connectivity index (χ0v) is 22.1. The van der Waals surface area contributed by atoms with E-state index in [1.807, 2.05) is 49.1 Å². The third-order valence-electron chi connectivity index (χ3n) is 8.70. The number of amides is 2. The highest BCUT2D eigenvalue weighted by atomic mass is 16.2. The summed E-state index contributed by atoms with van der Waals surface area (Å²) in [5.41, 5.74) is 4.30. The SMILES string of the molecule is Cc1cc(C#N)cc(C)c1C(=O)N1CC2CN(CCC(NC(=O)C3CCCC3)c3ccccc3)C[C@H]2C1. The highest BCUT2D eigenvalue weighted by molar-refractivity contribution is 5.97. The van der Waals surface area contributed by atoms with Crippen LogP contribution in [0.25, 0.3) is 0 Å². The Kier molecular flexibility index (Phi) is 7.62. The van der Waals surface area contributed by atoms with Gasteiger partial charge in [0, 0.05) is 44.2 Å². The first kappa shape index (κ1) is 25.5. The van der Waals surface area contributed by atoms with Gasteiger partial charge in [-0.15, -0.1) is 0 Å². The molecule has 5 rings (SSSR count). The zero-order valence-electron chi connectivity index (χ0n) is 22.1. The summed E-state index contributed by atoms with van der Waals surface area (Å²) < 4.78 is 0. The molecule has 2 saturated heterocycles. The average molecular weight is 499 g/mol. The Bertz CT molecular complexity index is 1140. The van der Waals surface area contributed by atoms with E-state index in [0.717, 1.165) is 81.5 Å². The minimum atomic E-state index is 0.0372. The molecule has 6 heteroatoms. The van der Waals surface area contributed by atoms with Gasteiger partial charge in [-0.2, -0.15) is 5.26 Å². The van der Waals surface area contributed by atoms with E-state index >= 15 is 0 Å². The number of likely N-dealkylation sites (tertiary alicyclic amines) is 2. The fraction of sp³-hybridized carbons (Fsp3) is 0.516. The summed E-state index contributed by atoms with van der Waals surface area (Å²) in [4.78, 5) is 30.8. The molecule has 0 radical (unpaired) electrons. The molecule has 2 heterocycles. The van der Waals surface area contributed by atoms with Crippen LogP contribution in [0.15, 0.2) is 42.5 Å². The number of aryl methyl sites for hydroxylation is 2. The first-order chi connectivity index (χ1) is 17.9. The number of nitriles is 1. The molecule has 194 valence electrons. The molecular formula is C31H38N4O2. The Hall–Kier alpha value is -3.17. The van der Waals surface area contributed by atoms with Crippen molar-refractivity contribution in [1.29, 1.82) is 5.26 Å². The van der Waals surface area contributed by atoms with Gasteiger partial charge >= 0.3 is 0 Å². The summed E-state index contributed by atoms with van der Waals surface area (Å²) >= 11 is 0. The van der Waals surface area contributed by atoms with E-state index in [1.54, 1.807) is 0 Å². The van der Waals surface area contributed by atoms with Gasteiger partial charge < -0.3 is 15.1 Å². The van der Waals surface area contributed by atoms with Crippen LogP contribution in [0.3, 0.4) is 0 Å². The van der Waals surface area contributed by atoms with Gasteiger partial charge in [0.05, 0.1) is 17.7 Å². The van der Waals surface area contributed by atoms with Gasteiger partial charge in [0.1, 0.15) is 0 Å². The van der Waals surface area contributed by atoms with Crippen molar-refractivity contribution < 1.29 is 9.59 Å². The molecule has 2 aliphatic heterocycles. The molecular weight excluding hydrogens is 460 g/mol. The van der Waals surface area contributed by atoms with E-state index in [9.17, 15) is 14.9 Å². The molecule has 2 unspecified atom stereocenters. The van der Waals surface area contributed by atoms with Gasteiger partial charge in [-0.25, -0.2) is 0 Å². The quantitative estimate of drug-likeness (QED) is 0.605. The topological polar surface area (TPSA) is 76.4 Å². The molecule has 2 amide bonds. The van der Waals surface area contributed by atoms with Crippen molar-refractivity contribution in [2.45, 2.75) is 52.0 Å². The molecule has 3 aliphatic rings. The molecule has 2 aromatic rings. The van der Waals surface area contributed by atoms with Gasteiger partial charge in [-0.1, -0.05) is 43.2 Å². The third kappa shape index (κ3) is 5.57. The molecule has 1 aliphatic carbocycles. The number of nitrogens with one attached hydrogen (secondary N) is 1. The normalized spacial score (nSPS) is 22.6. The molecule has 3 atom stereocenters. The molecule has 2 aromatic carbocycles. The van der Waals surface area contributed by atoms with Gasteiger partial charge in [-0.3, -0.25) is 9.59 Å². The number of nitrogens with zero attached hydrogens (tertiary/aromatic N) is 3. The van der Waals surface area contributed by atoms with Crippen LogP contribution in [0.1, 0.15) is 70.8 Å². The first-order valence-corrected chi connectivity index (χ1v) is 13.8. The molecule has 1 saturated carbocycles. The average Bonchev–Trinajstić information content (AvgIpc) is 3.63. The second-order valence-electron chi connectivity index (χ2n) is 11.3. The number of benzene rings is 2. The minimum Gasteiger partial charge on any atom is -0.349 e. The van der Waals surface area contributed by atoms with E-state index in [2.05, 4.69) is 28.4 Å². The lowest BCUT2D eigenvalue weighted by molar-refractivity contribution is -0.125. The van der Waals surface area contributed by atoms with Crippen molar-refractivity contribution in [3.63, 3.8) is 0 Å². The second kappa shape index (κ2) is 11.1. The minimum absolute atomic E-state index is 0.0372. The van der Waals surface area contributed by atoms with Gasteiger partial charge in [0.25, 0.3) is 5.91 Å². The van der Waals surface area contributed by atoms with Crippen LogP contribution < -0.4 is 5.32 Å². The maximum atomic E-state index is 13.4. The van der Waals surface area contributed by atoms with E-state index < -0.39 is 0 Å². The van der Waals surface area contributed by atoms with Crippen LogP contribution in [0.2, 0.25) is 0 Å². The molecule has 1 N–H and O–H groups in total. The molecule has 0 spiro atoms. The number of hydrogen-bond donors (Lipinski definition) is 1. The fourth-order valence-corrected chi connectivity index (χ4v) is 6.76. The maximum Gasteiger partial charge on any atom is 0.254 e. The van der Waals surface area contributed by atoms with Crippen molar-refractivity contribution in [3.05, 3.63) is 70.3 Å². The smallest absolute Gasteiger partial charge is 0.254 e. The summed E-state index contributed by atoms with van der Waals surface area (Å²) in [6, 6.07) is 16.2. The Morgan fingerprint density at radius 2 is 1.62 bits per heavy atom. The largest absolute Gasteiger partial charge is 0.349 e. The van der Waals surface area contributed by atoms with Gasteiger partial charge in [0.2, 0.25) is 5.91 Å². The standard InChI is InChI=1S/C31H38N4O2/c1-21-14-23(16-32)15-22(2)29(21)31(37)35-19-26-17-34(18-27(26)20-35)13-12-28(24-8-4-3-5-9-24)33-30(36)25-10-6-7-11-25/h3-5,8-9,14-15,25-28H,6-7,10-13,17-20H2,1-2H3,(H,33,36)/t26-,27?,28?/m0/s1. The monoisotopic (exact) mass is 498 g/mol. The zero-order chi connectivity index (χ0) is 25.9. The summed E-state index contributed by atoms with van der Waals surface area (Å²) in [6.45, 7) is 8.37. The van der Waals surface area contributed by atoms with Gasteiger partial charge in [0.15, 0.2) is 0 Å². The number of carbonyl (C=O) groups excluding carboxylic acids is 2. The van der Waals surface area contributed by atoms with Crippen molar-refractivity contribution in [2.75, 3.05) is 32.7 Å². The van der Waals surface area contributed by atoms with Crippen LogP contribution in [0, 0.1) is 42.9 Å². The van der Waals surface area contributed by atoms with Crippen LogP contribution in [-0.2, 0) is 4.79 Å². The van der Waals surface area contributed by atoms with Gasteiger partial charge in [-0.05, 0) is 73.8 Å². The number of fused-ring (bicyclic) bond motifs is 1. The van der Waals surface area contributed by atoms with Crippen molar-refractivity contribution in [3.8, 4) is 6.07 Å². The Morgan fingerprint density at radius 1 is 1.00 bits per heavy atom. The Labute approximate surface area is 220 Å². The van der Waals surface area contributed by atoms with E-state index in [4.69, 9.17) is 0 Å². The third-order valence-corrected chi connectivity index (χ3v) is 8.70. The number of carbonyl (C=O) groups is 2. The summed E-state index contributed by atoms with van der Waals surface area (Å²) in [5.74, 6) is 1.47. The predicted molar refractivity (Wildman–Crippen MR) is 144 cm³/mol. The second-order valence-corrected chi connectivity index (χ2v) is 11.3. The molecule has 6 nitrogen and oxygen atoms in total. The highest BCUT2D eigenvalue weighted by Crippen LogP contribution is 2.34. The van der Waals surface area contributed by atoms with E-state index in [1.165, 1.54) is 5.56 Å². The number of rotatable bonds is 7. The van der Waals surface area contributed by atoms with E-state index in [0.29, 0.717) is 17.4 Å². The number of hydrogen-bond acceptors (Lipinski definition) is 4. The van der Waals surface area contributed by atoms with Crippen molar-refractivity contribution in [1.82, 2.24) is 15.1 Å². The molecule has 0 bridgehead atoms. The lowest BCUT2D eigenvalue weighted by Gasteiger charge is -2.26. The molecule has 37 heavy (non-hydrogen) atoms. The molecule has 3 fully saturated rings. The summed E-state index contributed by atoms with van der Waals surface area (Å²) in [5, 5.41) is 12.6. The van der Waals surface area contributed by atoms with Crippen LogP contribution >= 0.6 is 0 Å². The lowest BCUT2D eigenvalue weighted by Crippen LogP contribution is -2.37. The van der Waals surface area contributed by atoms with Crippen LogP contribution in [0.4, 0.5) is 0 Å². The van der Waals surface area contributed by atoms with Crippen molar-refractivity contribution >= 4 is 11.8 Å². The Morgan fingerprint density at radius 3 is 2.22 bits per heavy atom. The predicted octanol–water partition coefficient (Wildman–Crippen LogP) is 4.62. The first-order valence-electron chi connectivity index (χ1n) is 13.8. The maximum absolute atomic E-state index is 13.4.